The van der Waals surface area contributed by atoms with Crippen LogP contribution in [0, 0.1) is 0 Å². The summed E-state index contributed by atoms with van der Waals surface area (Å²) in [5.74, 6) is 0.318. The van der Waals surface area contributed by atoms with Gasteiger partial charge in [-0.15, -0.1) is 0 Å². The highest BCUT2D eigenvalue weighted by Crippen LogP contribution is 2.32. The minimum absolute atomic E-state index is 0.00498. The maximum atomic E-state index is 12.7. The molecule has 0 saturated carbocycles. The van der Waals surface area contributed by atoms with Gasteiger partial charge in [-0.25, -0.2) is 0 Å². The van der Waals surface area contributed by atoms with Gasteiger partial charge in [-0.3, -0.25) is 19.5 Å². The number of likely N-dealkylation sites (tertiary alicyclic amines) is 1. The second kappa shape index (κ2) is 7.83. The van der Waals surface area contributed by atoms with Crippen molar-refractivity contribution in [3.8, 4) is 5.75 Å². The average Bonchev–Trinajstić information content (AvgIpc) is 2.69. The molecule has 7 heteroatoms. The Morgan fingerprint density at radius 1 is 1.28 bits per heavy atom. The Labute approximate surface area is 170 Å². The molecule has 1 aromatic carbocycles. The first kappa shape index (κ1) is 19.4. The number of aromatic hydroxyl groups is 1. The molecule has 0 aliphatic carbocycles. The molecule has 2 N–H and O–H groups in total. The number of amides is 2. The number of pyridine rings is 1. The van der Waals surface area contributed by atoms with Crippen molar-refractivity contribution in [1.29, 1.82) is 0 Å². The summed E-state index contributed by atoms with van der Waals surface area (Å²) < 4.78 is 0. The van der Waals surface area contributed by atoms with Crippen molar-refractivity contribution in [3.63, 3.8) is 0 Å². The van der Waals surface area contributed by atoms with Crippen LogP contribution in [0.2, 0.25) is 0 Å². The Hall–Kier alpha value is -2.93. The number of carbonyl (C=O) groups is 2. The number of nitrogens with zero attached hydrogens (tertiary/aromatic N) is 3. The fourth-order valence-electron chi connectivity index (χ4n) is 4.31. The Balaban J connectivity index is 1.52. The van der Waals surface area contributed by atoms with Crippen LogP contribution in [0.15, 0.2) is 36.7 Å². The quantitative estimate of drug-likeness (QED) is 0.836. The van der Waals surface area contributed by atoms with Crippen molar-refractivity contribution in [1.82, 2.24) is 14.8 Å². The molecule has 3 heterocycles. The molecule has 2 aliphatic heterocycles. The normalized spacial score (nSPS) is 22.3. The van der Waals surface area contributed by atoms with E-state index in [1.165, 1.54) is 24.0 Å². The number of hydrogen-bond acceptors (Lipinski definition) is 5. The standard InChI is InChI=1S/C22H26N4O3/c1-14-12-26(18-5-6-25(2)21(28)9-18)13-16-7-15(3-4-20(14)16)22(29)24-17-8-19(27)11-23-10-17/h3-4,7-8,10-11,14,18,27H,5-6,9,12-13H2,1-2H3,(H,24,29). The fourth-order valence-corrected chi connectivity index (χ4v) is 4.31. The van der Waals surface area contributed by atoms with Crippen LogP contribution in [0.25, 0.3) is 0 Å². The molecule has 1 aromatic heterocycles. The molecule has 2 aliphatic rings. The first-order valence-corrected chi connectivity index (χ1v) is 9.97. The van der Waals surface area contributed by atoms with Gasteiger partial charge in [-0.2, -0.15) is 0 Å². The molecule has 152 valence electrons. The van der Waals surface area contributed by atoms with E-state index in [0.29, 0.717) is 23.6 Å². The van der Waals surface area contributed by atoms with E-state index < -0.39 is 0 Å². The van der Waals surface area contributed by atoms with Gasteiger partial charge in [0.25, 0.3) is 5.91 Å². The maximum absolute atomic E-state index is 12.7. The summed E-state index contributed by atoms with van der Waals surface area (Å²) in [6.07, 6.45) is 4.35. The number of carbonyl (C=O) groups excluding carboxylic acids is 2. The Morgan fingerprint density at radius 2 is 2.10 bits per heavy atom. The predicted molar refractivity (Wildman–Crippen MR) is 110 cm³/mol. The highest BCUT2D eigenvalue weighted by atomic mass is 16.3. The monoisotopic (exact) mass is 394 g/mol. The number of rotatable bonds is 3. The van der Waals surface area contributed by atoms with Gasteiger partial charge in [-0.1, -0.05) is 13.0 Å². The van der Waals surface area contributed by atoms with Crippen molar-refractivity contribution in [2.75, 3.05) is 25.5 Å². The van der Waals surface area contributed by atoms with E-state index in [1.807, 2.05) is 25.2 Å². The molecule has 29 heavy (non-hydrogen) atoms. The lowest BCUT2D eigenvalue weighted by molar-refractivity contribution is -0.134. The number of aromatic nitrogens is 1. The molecule has 7 nitrogen and oxygen atoms in total. The highest BCUT2D eigenvalue weighted by Gasteiger charge is 2.32. The SMILES string of the molecule is CC1CN(C2CCN(C)C(=O)C2)Cc2cc(C(=O)Nc3cncc(O)c3)ccc21. The summed E-state index contributed by atoms with van der Waals surface area (Å²) in [6.45, 7) is 4.66. The minimum atomic E-state index is -0.237. The van der Waals surface area contributed by atoms with Gasteiger partial charge in [-0.05, 0) is 35.6 Å². The van der Waals surface area contributed by atoms with E-state index in [2.05, 4.69) is 22.1 Å². The lowest BCUT2D eigenvalue weighted by Gasteiger charge is -2.41. The van der Waals surface area contributed by atoms with E-state index in [1.54, 1.807) is 4.90 Å². The zero-order valence-electron chi connectivity index (χ0n) is 16.8. The second-order valence-corrected chi connectivity index (χ2v) is 8.09. The summed E-state index contributed by atoms with van der Waals surface area (Å²) in [4.78, 5) is 32.9. The van der Waals surface area contributed by atoms with E-state index in [-0.39, 0.29) is 23.6 Å². The molecule has 1 fully saturated rings. The van der Waals surface area contributed by atoms with Gasteiger partial charge in [0.1, 0.15) is 5.75 Å². The first-order chi connectivity index (χ1) is 13.9. The van der Waals surface area contributed by atoms with E-state index in [9.17, 15) is 14.7 Å². The summed E-state index contributed by atoms with van der Waals surface area (Å²) >= 11 is 0. The largest absolute Gasteiger partial charge is 0.506 e. The molecule has 4 rings (SSSR count). The van der Waals surface area contributed by atoms with Crippen molar-refractivity contribution >= 4 is 17.5 Å². The summed E-state index contributed by atoms with van der Waals surface area (Å²) in [7, 11) is 1.86. The van der Waals surface area contributed by atoms with Crippen LogP contribution in [0.1, 0.15) is 47.2 Å². The summed E-state index contributed by atoms with van der Waals surface area (Å²) in [5.41, 5.74) is 3.42. The lowest BCUT2D eigenvalue weighted by Crippen LogP contribution is -2.48. The van der Waals surface area contributed by atoms with Crippen LogP contribution in [-0.4, -0.2) is 57.9 Å². The van der Waals surface area contributed by atoms with E-state index >= 15 is 0 Å². The van der Waals surface area contributed by atoms with Gasteiger partial charge < -0.3 is 15.3 Å². The molecular weight excluding hydrogens is 368 g/mol. The molecule has 1 saturated heterocycles. The molecule has 0 bridgehead atoms. The fraction of sp³-hybridized carbons (Fsp3) is 0.409. The smallest absolute Gasteiger partial charge is 0.255 e. The lowest BCUT2D eigenvalue weighted by atomic mass is 9.87. The van der Waals surface area contributed by atoms with Crippen LogP contribution in [0.3, 0.4) is 0 Å². The third-order valence-electron chi connectivity index (χ3n) is 5.95. The molecule has 2 amide bonds. The molecule has 2 aromatic rings. The van der Waals surface area contributed by atoms with Crippen LogP contribution < -0.4 is 5.32 Å². The van der Waals surface area contributed by atoms with Gasteiger partial charge in [0, 0.05) is 50.8 Å². The van der Waals surface area contributed by atoms with Gasteiger partial charge in [0.05, 0.1) is 18.1 Å². The van der Waals surface area contributed by atoms with Crippen LogP contribution in [0.4, 0.5) is 5.69 Å². The molecule has 0 radical (unpaired) electrons. The highest BCUT2D eigenvalue weighted by molar-refractivity contribution is 6.04. The van der Waals surface area contributed by atoms with Crippen LogP contribution >= 0.6 is 0 Å². The Kier molecular flexibility index (Phi) is 5.24. The number of fused-ring (bicyclic) bond motifs is 1. The molecule has 0 spiro atoms. The number of nitrogens with one attached hydrogen (secondary N) is 1. The van der Waals surface area contributed by atoms with Crippen LogP contribution in [0.5, 0.6) is 5.75 Å². The number of hydrogen-bond donors (Lipinski definition) is 2. The Bertz CT molecular complexity index is 945. The van der Waals surface area contributed by atoms with Crippen molar-refractivity contribution in [2.24, 2.45) is 0 Å². The molecular formula is C22H26N4O3. The topological polar surface area (TPSA) is 85.8 Å². The predicted octanol–water partition coefficient (Wildman–Crippen LogP) is 2.58. The van der Waals surface area contributed by atoms with Crippen molar-refractivity contribution in [2.45, 2.75) is 38.3 Å². The Morgan fingerprint density at radius 3 is 2.86 bits per heavy atom. The van der Waals surface area contributed by atoms with Gasteiger partial charge in [0.15, 0.2) is 0 Å². The number of anilines is 1. The summed E-state index contributed by atoms with van der Waals surface area (Å²) in [6, 6.07) is 7.54. The third kappa shape index (κ3) is 4.10. The molecule has 2 atom stereocenters. The first-order valence-electron chi connectivity index (χ1n) is 9.97. The zero-order chi connectivity index (χ0) is 20.5. The van der Waals surface area contributed by atoms with E-state index in [4.69, 9.17) is 0 Å². The average molecular weight is 394 g/mol. The zero-order valence-corrected chi connectivity index (χ0v) is 16.8. The van der Waals surface area contributed by atoms with Crippen molar-refractivity contribution in [3.05, 3.63) is 53.3 Å². The second-order valence-electron chi connectivity index (χ2n) is 8.09. The van der Waals surface area contributed by atoms with Crippen LogP contribution in [-0.2, 0) is 11.3 Å². The summed E-state index contributed by atoms with van der Waals surface area (Å²) in [5, 5.41) is 12.3. The van der Waals surface area contributed by atoms with E-state index in [0.717, 1.165) is 31.6 Å². The molecule has 2 unspecified atom stereocenters. The number of benzene rings is 1. The van der Waals surface area contributed by atoms with Crippen molar-refractivity contribution < 1.29 is 14.7 Å². The minimum Gasteiger partial charge on any atom is -0.506 e. The van der Waals surface area contributed by atoms with Gasteiger partial charge in [0.2, 0.25) is 5.91 Å². The number of piperidine rings is 1. The third-order valence-corrected chi connectivity index (χ3v) is 5.95. The maximum Gasteiger partial charge on any atom is 0.255 e. The van der Waals surface area contributed by atoms with Gasteiger partial charge >= 0.3 is 0 Å².